The van der Waals surface area contributed by atoms with Crippen molar-refractivity contribution in [2.24, 2.45) is 0 Å². The van der Waals surface area contributed by atoms with Crippen LogP contribution in [0, 0.1) is 21.7 Å². The fraction of sp³-hybridized carbons (Fsp3) is 0.400. The number of nitro benzene ring substituents is 1. The highest BCUT2D eigenvalue weighted by Gasteiger charge is 2.18. The van der Waals surface area contributed by atoms with Crippen molar-refractivity contribution in [1.82, 2.24) is 0 Å². The topological polar surface area (TPSA) is 72.2 Å². The Kier molecular flexibility index (Phi) is 4.71. The van der Waals surface area contributed by atoms with E-state index >= 15 is 0 Å². The van der Waals surface area contributed by atoms with Crippen LogP contribution in [0.1, 0.15) is 6.92 Å². The van der Waals surface area contributed by atoms with E-state index < -0.39 is 44.8 Å². The lowest BCUT2D eigenvalue weighted by molar-refractivity contribution is -0.385. The molecule has 1 aromatic carbocycles. The Balaban J connectivity index is 2.96. The third kappa shape index (κ3) is 3.73. The lowest BCUT2D eigenvalue weighted by Gasteiger charge is -2.15. The number of hydrogen-bond donors (Lipinski definition) is 1. The first-order chi connectivity index (χ1) is 8.31. The molecule has 2 atom stereocenters. The Labute approximate surface area is 105 Å². The SMILES string of the molecule is CC(CS(C)=O)Nc1c(F)cc([N+](=O)[O-])cc1F. The van der Waals surface area contributed by atoms with Gasteiger partial charge in [0.15, 0.2) is 11.6 Å². The number of non-ortho nitro benzene ring substituents is 1. The van der Waals surface area contributed by atoms with Crippen LogP contribution in [0.15, 0.2) is 12.1 Å². The fourth-order valence-corrected chi connectivity index (χ4v) is 2.23. The predicted molar refractivity (Wildman–Crippen MR) is 65.0 cm³/mol. The van der Waals surface area contributed by atoms with Crippen LogP contribution >= 0.6 is 0 Å². The molecule has 0 aromatic heterocycles. The molecule has 0 amide bonds. The van der Waals surface area contributed by atoms with Crippen molar-refractivity contribution in [3.05, 3.63) is 33.9 Å². The number of nitro groups is 1. The summed E-state index contributed by atoms with van der Waals surface area (Å²) < 4.78 is 37.9. The summed E-state index contributed by atoms with van der Waals surface area (Å²) in [5, 5.41) is 12.9. The van der Waals surface area contributed by atoms with Crippen LogP contribution in [0.5, 0.6) is 0 Å². The van der Waals surface area contributed by atoms with Gasteiger partial charge in [-0.15, -0.1) is 0 Å². The van der Waals surface area contributed by atoms with Gasteiger partial charge in [0.2, 0.25) is 0 Å². The normalized spacial score (nSPS) is 14.0. The summed E-state index contributed by atoms with van der Waals surface area (Å²) >= 11 is 0. The summed E-state index contributed by atoms with van der Waals surface area (Å²) in [5.41, 5.74) is -1.10. The molecule has 0 aliphatic rings. The van der Waals surface area contributed by atoms with Gasteiger partial charge in [-0.2, -0.15) is 0 Å². The molecular formula is C10H12F2N2O3S. The molecule has 8 heteroatoms. The first-order valence-corrected chi connectivity index (χ1v) is 6.74. The number of halogens is 2. The Morgan fingerprint density at radius 1 is 1.44 bits per heavy atom. The van der Waals surface area contributed by atoms with Crippen LogP contribution in [-0.2, 0) is 10.8 Å². The molecule has 0 heterocycles. The molecule has 1 aromatic rings. The first-order valence-electron chi connectivity index (χ1n) is 5.01. The lowest BCUT2D eigenvalue weighted by atomic mass is 10.2. The molecule has 0 fully saturated rings. The molecule has 0 saturated heterocycles. The minimum Gasteiger partial charge on any atom is -0.377 e. The molecular weight excluding hydrogens is 266 g/mol. The Morgan fingerprint density at radius 3 is 2.33 bits per heavy atom. The van der Waals surface area contributed by atoms with Gasteiger partial charge in [0, 0.05) is 28.9 Å². The maximum atomic E-state index is 13.5. The van der Waals surface area contributed by atoms with Gasteiger partial charge in [-0.25, -0.2) is 8.78 Å². The fourth-order valence-electron chi connectivity index (χ4n) is 1.44. The zero-order chi connectivity index (χ0) is 13.9. The van der Waals surface area contributed by atoms with Crippen LogP contribution in [0.3, 0.4) is 0 Å². The van der Waals surface area contributed by atoms with E-state index in [9.17, 15) is 23.1 Å². The van der Waals surface area contributed by atoms with Crippen molar-refractivity contribution < 1.29 is 17.9 Å². The number of nitrogens with one attached hydrogen (secondary N) is 1. The molecule has 1 rings (SSSR count). The Morgan fingerprint density at radius 2 is 1.94 bits per heavy atom. The van der Waals surface area contributed by atoms with Gasteiger partial charge in [-0.1, -0.05) is 0 Å². The Bertz CT molecular complexity index is 473. The number of benzene rings is 1. The van der Waals surface area contributed by atoms with Crippen LogP contribution in [-0.4, -0.2) is 27.2 Å². The summed E-state index contributed by atoms with van der Waals surface area (Å²) in [5.74, 6) is -1.87. The number of nitrogens with zero attached hydrogens (tertiary/aromatic N) is 1. The standard InChI is InChI=1S/C10H12F2N2O3S/c1-6(5-18(2)17)13-10-8(11)3-7(14(15)16)4-9(10)12/h3-4,6,13H,5H2,1-2H3. The second-order valence-electron chi connectivity index (χ2n) is 3.83. The van der Waals surface area contributed by atoms with E-state index in [0.29, 0.717) is 12.1 Å². The third-order valence-electron chi connectivity index (χ3n) is 2.11. The third-order valence-corrected chi connectivity index (χ3v) is 3.08. The largest absolute Gasteiger partial charge is 0.377 e. The van der Waals surface area contributed by atoms with Gasteiger partial charge in [0.05, 0.1) is 17.1 Å². The molecule has 0 aliphatic heterocycles. The van der Waals surface area contributed by atoms with Crippen molar-refractivity contribution >= 4 is 22.2 Å². The van der Waals surface area contributed by atoms with Crippen LogP contribution in [0.4, 0.5) is 20.2 Å². The molecule has 100 valence electrons. The predicted octanol–water partition coefficient (Wildman–Crippen LogP) is 2.05. The quantitative estimate of drug-likeness (QED) is 0.661. The molecule has 0 radical (unpaired) electrons. The van der Waals surface area contributed by atoms with E-state index in [1.807, 2.05) is 0 Å². The smallest absolute Gasteiger partial charge is 0.275 e. The summed E-state index contributed by atoms with van der Waals surface area (Å²) in [6.07, 6.45) is 1.47. The first kappa shape index (κ1) is 14.5. The minimum atomic E-state index is -1.11. The van der Waals surface area contributed by atoms with Crippen molar-refractivity contribution in [2.75, 3.05) is 17.3 Å². The van der Waals surface area contributed by atoms with Gasteiger partial charge >= 0.3 is 0 Å². The van der Waals surface area contributed by atoms with Gasteiger partial charge in [-0.3, -0.25) is 14.3 Å². The minimum absolute atomic E-state index is 0.218. The molecule has 5 nitrogen and oxygen atoms in total. The summed E-state index contributed by atoms with van der Waals surface area (Å²) in [6.45, 7) is 1.61. The maximum Gasteiger partial charge on any atom is 0.275 e. The highest BCUT2D eigenvalue weighted by Crippen LogP contribution is 2.25. The van der Waals surface area contributed by atoms with Gasteiger partial charge < -0.3 is 5.32 Å². The van der Waals surface area contributed by atoms with Crippen molar-refractivity contribution in [2.45, 2.75) is 13.0 Å². The molecule has 2 unspecified atom stereocenters. The molecule has 0 aliphatic carbocycles. The second-order valence-corrected chi connectivity index (χ2v) is 5.31. The van der Waals surface area contributed by atoms with E-state index in [1.165, 1.54) is 6.26 Å². The van der Waals surface area contributed by atoms with Crippen molar-refractivity contribution in [3.63, 3.8) is 0 Å². The number of rotatable bonds is 5. The van der Waals surface area contributed by atoms with Gasteiger partial charge in [-0.05, 0) is 6.92 Å². The Hall–Kier alpha value is -1.57. The number of hydrogen-bond acceptors (Lipinski definition) is 4. The van der Waals surface area contributed by atoms with Crippen LogP contribution in [0.2, 0.25) is 0 Å². The van der Waals surface area contributed by atoms with E-state index in [0.717, 1.165) is 0 Å². The van der Waals surface area contributed by atoms with Gasteiger partial charge in [0.25, 0.3) is 5.69 Å². The average Bonchev–Trinajstić information content (AvgIpc) is 2.21. The molecule has 0 spiro atoms. The molecule has 18 heavy (non-hydrogen) atoms. The van der Waals surface area contributed by atoms with Crippen LogP contribution < -0.4 is 5.32 Å². The lowest BCUT2D eigenvalue weighted by Crippen LogP contribution is -2.23. The monoisotopic (exact) mass is 278 g/mol. The summed E-state index contributed by atoms with van der Waals surface area (Å²) in [4.78, 5) is 9.52. The van der Waals surface area contributed by atoms with Crippen molar-refractivity contribution in [3.8, 4) is 0 Å². The van der Waals surface area contributed by atoms with Crippen molar-refractivity contribution in [1.29, 1.82) is 0 Å². The molecule has 0 saturated carbocycles. The van der Waals surface area contributed by atoms with E-state index in [-0.39, 0.29) is 5.75 Å². The van der Waals surface area contributed by atoms with Crippen LogP contribution in [0.25, 0.3) is 0 Å². The average molecular weight is 278 g/mol. The van der Waals surface area contributed by atoms with E-state index in [1.54, 1.807) is 6.92 Å². The molecule has 1 N–H and O–H groups in total. The zero-order valence-corrected chi connectivity index (χ0v) is 10.6. The molecule has 0 bridgehead atoms. The van der Waals surface area contributed by atoms with E-state index in [4.69, 9.17) is 0 Å². The number of anilines is 1. The summed E-state index contributed by atoms with van der Waals surface area (Å²) in [6, 6.07) is 0.864. The van der Waals surface area contributed by atoms with E-state index in [2.05, 4.69) is 5.32 Å². The summed E-state index contributed by atoms with van der Waals surface area (Å²) in [7, 11) is -1.11. The second kappa shape index (κ2) is 5.85. The van der Waals surface area contributed by atoms with Gasteiger partial charge in [0.1, 0.15) is 5.69 Å². The highest BCUT2D eigenvalue weighted by molar-refractivity contribution is 7.84. The highest BCUT2D eigenvalue weighted by atomic mass is 32.2. The maximum absolute atomic E-state index is 13.5. The zero-order valence-electron chi connectivity index (χ0n) is 9.78.